The van der Waals surface area contributed by atoms with E-state index in [0.29, 0.717) is 17.2 Å². The molecule has 1 atom stereocenters. The lowest BCUT2D eigenvalue weighted by Crippen LogP contribution is -2.14. The lowest BCUT2D eigenvalue weighted by atomic mass is 9.82. The molecule has 6 nitrogen and oxygen atoms in total. The van der Waals surface area contributed by atoms with Crippen LogP contribution in [0.15, 0.2) is 35.6 Å². The van der Waals surface area contributed by atoms with E-state index in [1.54, 1.807) is 21.3 Å². The van der Waals surface area contributed by atoms with Gasteiger partial charge in [0.2, 0.25) is 12.5 Å². The number of benzene rings is 2. The Hall–Kier alpha value is -3.02. The van der Waals surface area contributed by atoms with Gasteiger partial charge >= 0.3 is 0 Å². The molecule has 6 heteroatoms. The summed E-state index contributed by atoms with van der Waals surface area (Å²) in [5.74, 6) is 5.29. The van der Waals surface area contributed by atoms with E-state index in [1.165, 1.54) is 5.57 Å². The highest BCUT2D eigenvalue weighted by Crippen LogP contribution is 2.53. The smallest absolute Gasteiger partial charge is 0.231 e. The van der Waals surface area contributed by atoms with Gasteiger partial charge in [0.15, 0.2) is 23.0 Å². The quantitative estimate of drug-likeness (QED) is 0.781. The summed E-state index contributed by atoms with van der Waals surface area (Å²) in [6.07, 6.45) is 3.04. The van der Waals surface area contributed by atoms with Crippen LogP contribution < -0.4 is 28.4 Å². The van der Waals surface area contributed by atoms with Crippen molar-refractivity contribution < 1.29 is 28.4 Å². The van der Waals surface area contributed by atoms with Crippen LogP contribution in [-0.2, 0) is 0 Å². The molecule has 0 fully saturated rings. The fourth-order valence-corrected chi connectivity index (χ4v) is 4.38. The summed E-state index contributed by atoms with van der Waals surface area (Å²) in [7, 11) is 4.89. The van der Waals surface area contributed by atoms with Crippen LogP contribution in [-0.4, -0.2) is 28.1 Å². The van der Waals surface area contributed by atoms with Gasteiger partial charge in [0.05, 0.1) is 21.3 Å². The Morgan fingerprint density at radius 2 is 1.54 bits per heavy atom. The average Bonchev–Trinajstić information content (AvgIpc) is 3.37. The number of rotatable bonds is 4. The van der Waals surface area contributed by atoms with E-state index < -0.39 is 0 Å². The summed E-state index contributed by atoms with van der Waals surface area (Å²) in [5.41, 5.74) is 3.45. The Morgan fingerprint density at radius 1 is 0.821 bits per heavy atom. The lowest BCUT2D eigenvalue weighted by molar-refractivity contribution is 0.174. The predicted molar refractivity (Wildman–Crippen MR) is 102 cm³/mol. The van der Waals surface area contributed by atoms with Crippen molar-refractivity contribution in [2.24, 2.45) is 0 Å². The monoisotopic (exact) mass is 382 g/mol. The zero-order valence-corrected chi connectivity index (χ0v) is 16.2. The van der Waals surface area contributed by atoms with E-state index >= 15 is 0 Å². The first-order valence-corrected chi connectivity index (χ1v) is 9.36. The van der Waals surface area contributed by atoms with Crippen LogP contribution >= 0.6 is 0 Å². The maximum Gasteiger partial charge on any atom is 0.231 e. The predicted octanol–water partition coefficient (Wildman–Crippen LogP) is 4.40. The second kappa shape index (κ2) is 6.55. The van der Waals surface area contributed by atoms with Gasteiger partial charge in [-0.05, 0) is 42.2 Å². The topological polar surface area (TPSA) is 55.4 Å². The SMILES string of the molecule is COc1cc([C@H]2C3=C(CCC3)Oc3cc4c(cc32)OCO4)cc(OC)c1OC. The van der Waals surface area contributed by atoms with E-state index in [2.05, 4.69) is 0 Å². The molecule has 2 heterocycles. The molecule has 146 valence electrons. The molecule has 0 unspecified atom stereocenters. The van der Waals surface area contributed by atoms with Crippen molar-refractivity contribution in [3.63, 3.8) is 0 Å². The minimum atomic E-state index is 0.0458. The van der Waals surface area contributed by atoms with Crippen LogP contribution in [0.1, 0.15) is 36.3 Å². The number of allylic oxidation sites excluding steroid dienone is 2. The van der Waals surface area contributed by atoms with Gasteiger partial charge in [-0.2, -0.15) is 0 Å². The van der Waals surface area contributed by atoms with Crippen LogP contribution in [0.4, 0.5) is 0 Å². The molecular weight excluding hydrogens is 360 g/mol. The Labute approximate surface area is 163 Å². The first-order chi connectivity index (χ1) is 13.7. The zero-order valence-electron chi connectivity index (χ0n) is 16.2. The summed E-state index contributed by atoms with van der Waals surface area (Å²) < 4.78 is 34.1. The minimum absolute atomic E-state index is 0.0458. The highest BCUT2D eigenvalue weighted by molar-refractivity contribution is 5.63. The van der Waals surface area contributed by atoms with E-state index in [9.17, 15) is 0 Å². The fraction of sp³-hybridized carbons (Fsp3) is 0.364. The Morgan fingerprint density at radius 3 is 2.21 bits per heavy atom. The molecule has 2 aliphatic heterocycles. The first-order valence-electron chi connectivity index (χ1n) is 9.36. The van der Waals surface area contributed by atoms with Gasteiger partial charge in [0.25, 0.3) is 0 Å². The third-order valence-corrected chi connectivity index (χ3v) is 5.63. The molecule has 3 aliphatic rings. The van der Waals surface area contributed by atoms with Gasteiger partial charge in [0, 0.05) is 24.0 Å². The van der Waals surface area contributed by atoms with E-state index in [-0.39, 0.29) is 12.7 Å². The van der Waals surface area contributed by atoms with Crippen LogP contribution in [0, 0.1) is 0 Å². The Bertz CT molecular complexity index is 952. The largest absolute Gasteiger partial charge is 0.493 e. The van der Waals surface area contributed by atoms with Crippen molar-refractivity contribution in [2.75, 3.05) is 28.1 Å². The van der Waals surface area contributed by atoms with Crippen molar-refractivity contribution in [3.8, 4) is 34.5 Å². The molecule has 0 N–H and O–H groups in total. The maximum atomic E-state index is 6.25. The normalized spacial score (nSPS) is 19.0. The van der Waals surface area contributed by atoms with Crippen LogP contribution in [0.5, 0.6) is 34.5 Å². The minimum Gasteiger partial charge on any atom is -0.493 e. The van der Waals surface area contributed by atoms with Gasteiger partial charge in [-0.25, -0.2) is 0 Å². The number of hydrogen-bond donors (Lipinski definition) is 0. The molecule has 0 radical (unpaired) electrons. The Kier molecular flexibility index (Phi) is 4.00. The van der Waals surface area contributed by atoms with E-state index in [4.69, 9.17) is 28.4 Å². The van der Waals surface area contributed by atoms with Gasteiger partial charge in [-0.15, -0.1) is 0 Å². The average molecular weight is 382 g/mol. The summed E-state index contributed by atoms with van der Waals surface area (Å²) >= 11 is 0. The molecular formula is C22H22O6. The highest BCUT2D eigenvalue weighted by atomic mass is 16.7. The third-order valence-electron chi connectivity index (χ3n) is 5.63. The van der Waals surface area contributed by atoms with Gasteiger partial charge in [-0.3, -0.25) is 0 Å². The van der Waals surface area contributed by atoms with Crippen molar-refractivity contribution in [2.45, 2.75) is 25.2 Å². The van der Waals surface area contributed by atoms with Crippen molar-refractivity contribution in [1.82, 2.24) is 0 Å². The number of methoxy groups -OCH3 is 3. The Balaban J connectivity index is 1.71. The molecule has 0 spiro atoms. The molecule has 5 rings (SSSR count). The van der Waals surface area contributed by atoms with E-state index in [1.807, 2.05) is 24.3 Å². The molecule has 0 aromatic heterocycles. The molecule has 0 saturated heterocycles. The summed E-state index contributed by atoms with van der Waals surface area (Å²) in [6.45, 7) is 0.236. The van der Waals surface area contributed by atoms with Gasteiger partial charge in [0.1, 0.15) is 11.5 Å². The number of hydrogen-bond acceptors (Lipinski definition) is 6. The van der Waals surface area contributed by atoms with Crippen LogP contribution in [0.2, 0.25) is 0 Å². The second-order valence-corrected chi connectivity index (χ2v) is 7.04. The van der Waals surface area contributed by atoms with Crippen LogP contribution in [0.3, 0.4) is 0 Å². The van der Waals surface area contributed by atoms with Crippen molar-refractivity contribution in [3.05, 3.63) is 46.7 Å². The molecule has 1 aliphatic carbocycles. The maximum absolute atomic E-state index is 6.25. The van der Waals surface area contributed by atoms with Gasteiger partial charge in [-0.1, -0.05) is 0 Å². The first kappa shape index (κ1) is 17.1. The molecule has 0 amide bonds. The molecule has 0 saturated carbocycles. The van der Waals surface area contributed by atoms with Crippen LogP contribution in [0.25, 0.3) is 0 Å². The second-order valence-electron chi connectivity index (χ2n) is 7.04. The lowest BCUT2D eigenvalue weighted by Gasteiger charge is -2.29. The fourth-order valence-electron chi connectivity index (χ4n) is 4.38. The summed E-state index contributed by atoms with van der Waals surface area (Å²) in [4.78, 5) is 0. The summed E-state index contributed by atoms with van der Waals surface area (Å²) in [5, 5.41) is 0. The zero-order chi connectivity index (χ0) is 19.3. The van der Waals surface area contributed by atoms with E-state index in [0.717, 1.165) is 53.4 Å². The molecule has 2 aromatic carbocycles. The standard InChI is InChI=1S/C22H22O6/c1-23-19-7-12(8-20(24-2)22(19)25-3)21-13-5-4-6-15(13)28-16-10-18-17(9-14(16)21)26-11-27-18/h7-10,21H,4-6,11H2,1-3H3/t21-/m0/s1. The molecule has 28 heavy (non-hydrogen) atoms. The highest BCUT2D eigenvalue weighted by Gasteiger charge is 2.36. The molecule has 2 aromatic rings. The number of fused-ring (bicyclic) bond motifs is 2. The molecule has 0 bridgehead atoms. The van der Waals surface area contributed by atoms with Crippen molar-refractivity contribution >= 4 is 0 Å². The van der Waals surface area contributed by atoms with Crippen molar-refractivity contribution in [1.29, 1.82) is 0 Å². The van der Waals surface area contributed by atoms with Gasteiger partial charge < -0.3 is 28.4 Å². The number of ether oxygens (including phenoxy) is 6. The summed E-state index contributed by atoms with van der Waals surface area (Å²) in [6, 6.07) is 8.02. The third kappa shape index (κ3) is 2.47.